The molecular formula is C19H30N2O3. The number of nitrogens with one attached hydrogen (secondary N) is 1. The molecule has 0 unspecified atom stereocenters. The summed E-state index contributed by atoms with van der Waals surface area (Å²) < 4.78 is 5.23. The van der Waals surface area contributed by atoms with Crippen molar-refractivity contribution in [3.05, 3.63) is 29.8 Å². The van der Waals surface area contributed by atoms with E-state index in [0.717, 1.165) is 17.7 Å². The second kappa shape index (κ2) is 9.96. The zero-order valence-electron chi connectivity index (χ0n) is 15.5. The van der Waals surface area contributed by atoms with E-state index in [4.69, 9.17) is 4.74 Å². The number of hydrogen-bond donors (Lipinski definition) is 1. The fourth-order valence-corrected chi connectivity index (χ4v) is 2.36. The highest BCUT2D eigenvalue weighted by Crippen LogP contribution is 2.17. The number of nitrogens with zero attached hydrogens (tertiary/aromatic N) is 1. The maximum Gasteiger partial charge on any atom is 0.242 e. The van der Waals surface area contributed by atoms with Gasteiger partial charge in [-0.2, -0.15) is 0 Å². The molecule has 5 heteroatoms. The van der Waals surface area contributed by atoms with Crippen LogP contribution in [0.1, 0.15) is 46.1 Å². The number of carbonyl (C=O) groups excluding carboxylic acids is 2. The van der Waals surface area contributed by atoms with Crippen molar-refractivity contribution >= 4 is 11.8 Å². The van der Waals surface area contributed by atoms with Crippen LogP contribution in [0.3, 0.4) is 0 Å². The Morgan fingerprint density at radius 1 is 1.25 bits per heavy atom. The minimum absolute atomic E-state index is 0.00693. The van der Waals surface area contributed by atoms with Crippen LogP contribution in [0.5, 0.6) is 5.75 Å². The van der Waals surface area contributed by atoms with Gasteiger partial charge in [0.2, 0.25) is 11.8 Å². The lowest BCUT2D eigenvalue weighted by Crippen LogP contribution is -2.48. The molecule has 0 spiro atoms. The number of benzene rings is 1. The van der Waals surface area contributed by atoms with Gasteiger partial charge in [-0.05, 0) is 37.0 Å². The van der Waals surface area contributed by atoms with Gasteiger partial charge in [-0.15, -0.1) is 0 Å². The van der Waals surface area contributed by atoms with Crippen LogP contribution >= 0.6 is 0 Å². The Morgan fingerprint density at radius 2 is 1.96 bits per heavy atom. The summed E-state index contributed by atoms with van der Waals surface area (Å²) in [6, 6.07) is 7.08. The molecule has 0 aliphatic carbocycles. The first-order valence-electron chi connectivity index (χ1n) is 8.59. The second-order valence-electron chi connectivity index (χ2n) is 6.44. The fourth-order valence-electron chi connectivity index (χ4n) is 2.36. The van der Waals surface area contributed by atoms with Crippen LogP contribution in [-0.2, 0) is 16.1 Å². The van der Waals surface area contributed by atoms with Gasteiger partial charge in [0, 0.05) is 19.5 Å². The van der Waals surface area contributed by atoms with Crippen LogP contribution in [0.15, 0.2) is 24.3 Å². The first-order valence-corrected chi connectivity index (χ1v) is 8.59. The smallest absolute Gasteiger partial charge is 0.242 e. The quantitative estimate of drug-likeness (QED) is 0.755. The Kier molecular flexibility index (Phi) is 8.30. The average Bonchev–Trinajstić information content (AvgIpc) is 2.57. The van der Waals surface area contributed by atoms with E-state index in [-0.39, 0.29) is 11.8 Å². The molecule has 24 heavy (non-hydrogen) atoms. The molecular weight excluding hydrogens is 304 g/mol. The van der Waals surface area contributed by atoms with E-state index in [0.29, 0.717) is 25.4 Å². The molecule has 1 aromatic rings. The minimum atomic E-state index is -0.506. The number of rotatable bonds is 9. The third kappa shape index (κ3) is 6.22. The minimum Gasteiger partial charge on any atom is -0.497 e. The zero-order valence-corrected chi connectivity index (χ0v) is 15.5. The van der Waals surface area contributed by atoms with Crippen molar-refractivity contribution < 1.29 is 14.3 Å². The van der Waals surface area contributed by atoms with E-state index >= 15 is 0 Å². The van der Waals surface area contributed by atoms with Crippen molar-refractivity contribution in [2.24, 2.45) is 5.92 Å². The molecule has 1 aromatic carbocycles. The Hall–Kier alpha value is -2.04. The number of methoxy groups -OCH3 is 1. The van der Waals surface area contributed by atoms with Crippen LogP contribution < -0.4 is 10.1 Å². The maximum atomic E-state index is 12.5. The topological polar surface area (TPSA) is 58.6 Å². The summed E-state index contributed by atoms with van der Waals surface area (Å²) in [4.78, 5) is 26.5. The second-order valence-corrected chi connectivity index (χ2v) is 6.44. The van der Waals surface area contributed by atoms with Gasteiger partial charge in [-0.1, -0.05) is 32.9 Å². The van der Waals surface area contributed by atoms with Crippen molar-refractivity contribution in [2.75, 3.05) is 13.7 Å². The Labute approximate surface area is 145 Å². The van der Waals surface area contributed by atoms with E-state index < -0.39 is 6.04 Å². The summed E-state index contributed by atoms with van der Waals surface area (Å²) in [6.45, 7) is 8.83. The first kappa shape index (κ1) is 20.0. The van der Waals surface area contributed by atoms with E-state index in [1.165, 1.54) is 0 Å². The standard InChI is InChI=1S/C19H30N2O3/c1-6-8-18(22)21(15(4)19(23)20-12-14(2)3)13-16-9-7-10-17(11-16)24-5/h7,9-11,14-15H,6,8,12-13H2,1-5H3,(H,20,23)/t15-/m0/s1. The van der Waals surface area contributed by atoms with E-state index in [9.17, 15) is 9.59 Å². The van der Waals surface area contributed by atoms with Gasteiger partial charge in [0.05, 0.1) is 7.11 Å². The predicted octanol–water partition coefficient (Wildman–Crippen LogP) is 2.98. The van der Waals surface area contributed by atoms with Crippen molar-refractivity contribution in [3.8, 4) is 5.75 Å². The van der Waals surface area contributed by atoms with Crippen LogP contribution in [-0.4, -0.2) is 36.4 Å². The molecule has 0 fully saturated rings. The predicted molar refractivity (Wildman–Crippen MR) is 95.8 cm³/mol. The van der Waals surface area contributed by atoms with Crippen molar-refractivity contribution in [3.63, 3.8) is 0 Å². The Morgan fingerprint density at radius 3 is 2.54 bits per heavy atom. The Bertz CT molecular complexity index is 543. The molecule has 0 aliphatic heterocycles. The highest BCUT2D eigenvalue weighted by Gasteiger charge is 2.25. The Balaban J connectivity index is 2.90. The first-order chi connectivity index (χ1) is 11.4. The SMILES string of the molecule is CCCC(=O)N(Cc1cccc(OC)c1)[C@@H](C)C(=O)NCC(C)C. The number of carbonyl (C=O) groups is 2. The highest BCUT2D eigenvalue weighted by atomic mass is 16.5. The molecule has 1 rings (SSSR count). The van der Waals surface area contributed by atoms with Gasteiger partial charge < -0.3 is 15.0 Å². The largest absolute Gasteiger partial charge is 0.497 e. The van der Waals surface area contributed by atoms with Crippen molar-refractivity contribution in [1.82, 2.24) is 10.2 Å². The molecule has 1 atom stereocenters. The van der Waals surface area contributed by atoms with Crippen LogP contribution in [0, 0.1) is 5.92 Å². The molecule has 0 radical (unpaired) electrons. The summed E-state index contributed by atoms with van der Waals surface area (Å²) in [7, 11) is 1.61. The van der Waals surface area contributed by atoms with Crippen molar-refractivity contribution in [1.29, 1.82) is 0 Å². The lowest BCUT2D eigenvalue weighted by molar-refractivity contribution is -0.140. The number of amides is 2. The molecule has 0 saturated carbocycles. The van der Waals surface area contributed by atoms with Crippen LogP contribution in [0.25, 0.3) is 0 Å². The molecule has 5 nitrogen and oxygen atoms in total. The average molecular weight is 334 g/mol. The van der Waals surface area contributed by atoms with Crippen LogP contribution in [0.4, 0.5) is 0 Å². The summed E-state index contributed by atoms with van der Waals surface area (Å²) >= 11 is 0. The van der Waals surface area contributed by atoms with Gasteiger partial charge in [0.1, 0.15) is 11.8 Å². The van der Waals surface area contributed by atoms with Gasteiger partial charge in [0.25, 0.3) is 0 Å². The molecule has 134 valence electrons. The maximum absolute atomic E-state index is 12.5. The van der Waals surface area contributed by atoms with Gasteiger partial charge in [-0.3, -0.25) is 9.59 Å². The number of hydrogen-bond acceptors (Lipinski definition) is 3. The van der Waals surface area contributed by atoms with Crippen molar-refractivity contribution in [2.45, 2.75) is 53.1 Å². The molecule has 0 bridgehead atoms. The summed E-state index contributed by atoms with van der Waals surface area (Å²) in [5, 5.41) is 2.91. The molecule has 0 heterocycles. The molecule has 0 saturated heterocycles. The van der Waals surface area contributed by atoms with Gasteiger partial charge in [0.15, 0.2) is 0 Å². The van der Waals surface area contributed by atoms with E-state index in [2.05, 4.69) is 5.32 Å². The van der Waals surface area contributed by atoms with E-state index in [1.54, 1.807) is 18.9 Å². The monoisotopic (exact) mass is 334 g/mol. The molecule has 0 aromatic heterocycles. The summed E-state index contributed by atoms with van der Waals surface area (Å²) in [6.07, 6.45) is 1.19. The third-order valence-corrected chi connectivity index (χ3v) is 3.80. The van der Waals surface area contributed by atoms with Crippen LogP contribution in [0.2, 0.25) is 0 Å². The van der Waals surface area contributed by atoms with E-state index in [1.807, 2.05) is 45.0 Å². The number of ether oxygens (including phenoxy) is 1. The lowest BCUT2D eigenvalue weighted by atomic mass is 10.1. The van der Waals surface area contributed by atoms with Gasteiger partial charge >= 0.3 is 0 Å². The third-order valence-electron chi connectivity index (χ3n) is 3.80. The summed E-state index contributed by atoms with van der Waals surface area (Å²) in [5.41, 5.74) is 0.947. The molecule has 0 aliphatic rings. The zero-order chi connectivity index (χ0) is 18.1. The fraction of sp³-hybridized carbons (Fsp3) is 0.579. The summed E-state index contributed by atoms with van der Waals surface area (Å²) in [5.74, 6) is 0.996. The highest BCUT2D eigenvalue weighted by molar-refractivity contribution is 5.87. The molecule has 2 amide bonds. The van der Waals surface area contributed by atoms with Gasteiger partial charge in [-0.25, -0.2) is 0 Å². The normalized spacial score (nSPS) is 11.9. The molecule has 1 N–H and O–H groups in total. The lowest BCUT2D eigenvalue weighted by Gasteiger charge is -2.29.